The molecule has 0 bridgehead atoms. The number of alkyl halides is 3. The number of benzene rings is 2. The Balaban J connectivity index is 1.28. The molecular weight excluding hydrogens is 505 g/mol. The molecule has 0 spiro atoms. The molecular formula is C26H25F3N4O3S. The average molecular weight is 531 g/mol. The molecule has 11 heteroatoms. The first-order valence-corrected chi connectivity index (χ1v) is 12.5. The first-order chi connectivity index (χ1) is 17.7. The summed E-state index contributed by atoms with van der Waals surface area (Å²) in [5.74, 6) is 0.692. The molecule has 0 fully saturated rings. The summed E-state index contributed by atoms with van der Waals surface area (Å²) in [6.45, 7) is 5.30. The maximum Gasteiger partial charge on any atom is 0.441 e. The largest absolute Gasteiger partial charge is 0.493 e. The minimum atomic E-state index is -4.68. The molecule has 2 aromatic rings. The molecule has 37 heavy (non-hydrogen) atoms. The van der Waals surface area contributed by atoms with Crippen LogP contribution in [0.15, 0.2) is 64.2 Å². The lowest BCUT2D eigenvalue weighted by Crippen LogP contribution is -2.35. The maximum absolute atomic E-state index is 12.9. The number of rotatable bonds is 9. The van der Waals surface area contributed by atoms with Crippen molar-refractivity contribution >= 4 is 39.8 Å². The number of carbonyl (C=O) groups is 1. The Kier molecular flexibility index (Phi) is 8.01. The van der Waals surface area contributed by atoms with Gasteiger partial charge in [-0.1, -0.05) is 38.1 Å². The van der Waals surface area contributed by atoms with Crippen molar-refractivity contribution in [1.29, 1.82) is 5.41 Å². The Morgan fingerprint density at radius 2 is 1.65 bits per heavy atom. The highest BCUT2D eigenvalue weighted by molar-refractivity contribution is 8.27. The third-order valence-corrected chi connectivity index (χ3v) is 6.73. The standard InChI is InChI=1S/C26H25F3N4O3S/c1-3-16(2)18-7-11-20(12-8-18)36-14-4-13-35-19-9-5-17(6-10-19)15-21-22(30)33-25(31-23(21)34)37-24(32-33)26(27,28)29/h5-12,15-16,30H,3-4,13-14H2,1-2H3/b21-15-,30-22?/t16-/m0/s1. The monoisotopic (exact) mass is 530 g/mol. The first kappa shape index (κ1) is 26.5. The van der Waals surface area contributed by atoms with Gasteiger partial charge in [-0.2, -0.15) is 28.3 Å². The van der Waals surface area contributed by atoms with Crippen LogP contribution in [0.1, 0.15) is 43.7 Å². The Labute approximate surface area is 216 Å². The van der Waals surface area contributed by atoms with Gasteiger partial charge in [-0.25, -0.2) is 0 Å². The van der Waals surface area contributed by atoms with E-state index in [0.29, 0.717) is 36.9 Å². The number of hydrogen-bond donors (Lipinski definition) is 1. The Morgan fingerprint density at radius 1 is 1.05 bits per heavy atom. The molecule has 0 unspecified atom stereocenters. The van der Waals surface area contributed by atoms with Crippen molar-refractivity contribution in [2.45, 2.75) is 38.8 Å². The number of nitrogens with zero attached hydrogens (tertiary/aromatic N) is 3. The number of amides is 1. The summed E-state index contributed by atoms with van der Waals surface area (Å²) in [4.78, 5) is 16.0. The summed E-state index contributed by atoms with van der Waals surface area (Å²) < 4.78 is 50.3. The van der Waals surface area contributed by atoms with Crippen LogP contribution in [-0.2, 0) is 4.79 Å². The highest BCUT2D eigenvalue weighted by Gasteiger charge is 2.46. The van der Waals surface area contributed by atoms with Gasteiger partial charge in [-0.05, 0) is 65.6 Å². The Bertz CT molecular complexity index is 1260. The van der Waals surface area contributed by atoms with E-state index in [1.54, 1.807) is 24.3 Å². The highest BCUT2D eigenvalue weighted by atomic mass is 32.2. The van der Waals surface area contributed by atoms with Crippen molar-refractivity contribution < 1.29 is 27.4 Å². The van der Waals surface area contributed by atoms with Crippen molar-refractivity contribution in [3.05, 3.63) is 65.2 Å². The number of fused-ring (bicyclic) bond motifs is 1. The number of halogens is 3. The summed E-state index contributed by atoms with van der Waals surface area (Å²) in [6.07, 6.45) is -1.52. The normalized spacial score (nSPS) is 17.4. The molecule has 2 aliphatic rings. The second-order valence-electron chi connectivity index (χ2n) is 8.42. The van der Waals surface area contributed by atoms with Crippen molar-refractivity contribution in [2.75, 3.05) is 13.2 Å². The maximum atomic E-state index is 12.9. The van der Waals surface area contributed by atoms with Crippen LogP contribution in [0.4, 0.5) is 13.2 Å². The van der Waals surface area contributed by atoms with Gasteiger partial charge in [0.1, 0.15) is 11.5 Å². The van der Waals surface area contributed by atoms with Gasteiger partial charge in [0.05, 0.1) is 18.8 Å². The topological polar surface area (TPSA) is 87.3 Å². The van der Waals surface area contributed by atoms with Crippen molar-refractivity contribution in [3.63, 3.8) is 0 Å². The molecule has 1 amide bonds. The van der Waals surface area contributed by atoms with E-state index < -0.39 is 23.0 Å². The van der Waals surface area contributed by atoms with Gasteiger partial charge in [0.15, 0.2) is 5.84 Å². The Morgan fingerprint density at radius 3 is 2.22 bits per heavy atom. The molecule has 1 N–H and O–H groups in total. The average Bonchev–Trinajstić information content (AvgIpc) is 3.32. The van der Waals surface area contributed by atoms with E-state index in [2.05, 4.69) is 36.1 Å². The van der Waals surface area contributed by atoms with E-state index >= 15 is 0 Å². The predicted octanol–water partition coefficient (Wildman–Crippen LogP) is 6.23. The fourth-order valence-corrected chi connectivity index (χ4v) is 4.26. The number of ether oxygens (including phenoxy) is 2. The van der Waals surface area contributed by atoms with E-state index in [0.717, 1.165) is 17.2 Å². The van der Waals surface area contributed by atoms with E-state index in [1.807, 2.05) is 12.1 Å². The lowest BCUT2D eigenvalue weighted by atomic mass is 9.99. The van der Waals surface area contributed by atoms with Gasteiger partial charge in [0.2, 0.25) is 10.2 Å². The van der Waals surface area contributed by atoms with Crippen LogP contribution in [0.25, 0.3) is 6.08 Å². The molecule has 2 aromatic carbocycles. The number of hydrogen-bond acceptors (Lipinski definition) is 6. The van der Waals surface area contributed by atoms with Gasteiger partial charge in [0.25, 0.3) is 5.91 Å². The molecule has 0 aliphatic carbocycles. The molecule has 0 radical (unpaired) electrons. The molecule has 0 saturated carbocycles. The number of hydrazone groups is 1. The summed E-state index contributed by atoms with van der Waals surface area (Å²) in [5, 5.41) is 10.8. The second-order valence-corrected chi connectivity index (χ2v) is 9.38. The van der Waals surface area contributed by atoms with Crippen LogP contribution in [0, 0.1) is 5.41 Å². The molecule has 1 atom stereocenters. The lowest BCUT2D eigenvalue weighted by Gasteiger charge is -2.20. The van der Waals surface area contributed by atoms with Crippen LogP contribution >= 0.6 is 11.8 Å². The minimum absolute atomic E-state index is 0.153. The third kappa shape index (κ3) is 6.40. The van der Waals surface area contributed by atoms with Crippen LogP contribution in [0.5, 0.6) is 11.5 Å². The predicted molar refractivity (Wildman–Crippen MR) is 138 cm³/mol. The van der Waals surface area contributed by atoms with E-state index in [1.165, 1.54) is 11.6 Å². The van der Waals surface area contributed by atoms with Gasteiger partial charge in [-0.15, -0.1) is 0 Å². The van der Waals surface area contributed by atoms with Crippen LogP contribution in [-0.4, -0.2) is 46.4 Å². The SMILES string of the molecule is CC[C@H](C)c1ccc(OCCCOc2ccc(/C=C3/C(=N)N4N=C(C(F)(F)F)SC4=NC3=O)cc2)cc1. The fraction of sp³-hybridized carbons (Fsp3) is 0.308. The zero-order chi connectivity index (χ0) is 26.6. The zero-order valence-electron chi connectivity index (χ0n) is 20.2. The van der Waals surface area contributed by atoms with Crippen LogP contribution in [0.3, 0.4) is 0 Å². The van der Waals surface area contributed by atoms with Gasteiger partial charge in [-0.3, -0.25) is 10.2 Å². The summed E-state index contributed by atoms with van der Waals surface area (Å²) in [7, 11) is 0. The molecule has 0 aromatic heterocycles. The minimum Gasteiger partial charge on any atom is -0.493 e. The zero-order valence-corrected chi connectivity index (χ0v) is 21.0. The third-order valence-electron chi connectivity index (χ3n) is 5.78. The van der Waals surface area contributed by atoms with E-state index in [-0.39, 0.29) is 22.5 Å². The fourth-order valence-electron chi connectivity index (χ4n) is 3.50. The summed E-state index contributed by atoms with van der Waals surface area (Å²) in [5.41, 5.74) is 1.70. The Hall–Kier alpha value is -3.60. The van der Waals surface area contributed by atoms with Crippen LogP contribution in [0.2, 0.25) is 0 Å². The summed E-state index contributed by atoms with van der Waals surface area (Å²) >= 11 is 0.218. The number of aliphatic imine (C=N–C) groups is 1. The molecule has 0 saturated heterocycles. The van der Waals surface area contributed by atoms with Crippen molar-refractivity contribution in [2.24, 2.45) is 10.1 Å². The number of thioether (sulfide) groups is 1. The van der Waals surface area contributed by atoms with Gasteiger partial charge < -0.3 is 9.47 Å². The van der Waals surface area contributed by atoms with Crippen LogP contribution < -0.4 is 9.47 Å². The number of amidine groups is 2. The number of nitrogens with one attached hydrogen (secondary N) is 1. The lowest BCUT2D eigenvalue weighted by molar-refractivity contribution is -0.114. The highest BCUT2D eigenvalue weighted by Crippen LogP contribution is 2.35. The first-order valence-electron chi connectivity index (χ1n) is 11.7. The molecule has 4 rings (SSSR count). The molecule has 2 aliphatic heterocycles. The molecule has 7 nitrogen and oxygen atoms in total. The second kappa shape index (κ2) is 11.2. The van der Waals surface area contributed by atoms with Crippen molar-refractivity contribution in [3.8, 4) is 11.5 Å². The van der Waals surface area contributed by atoms with Gasteiger partial charge in [0, 0.05) is 6.42 Å². The number of carbonyl (C=O) groups excluding carboxylic acids is 1. The smallest absolute Gasteiger partial charge is 0.441 e. The quantitative estimate of drug-likeness (QED) is 0.307. The van der Waals surface area contributed by atoms with Crippen molar-refractivity contribution in [1.82, 2.24) is 5.01 Å². The van der Waals surface area contributed by atoms with Gasteiger partial charge >= 0.3 is 6.18 Å². The molecule has 2 heterocycles. The summed E-state index contributed by atoms with van der Waals surface area (Å²) in [6, 6.07) is 14.9. The molecule has 194 valence electrons. The van der Waals surface area contributed by atoms with E-state index in [9.17, 15) is 18.0 Å². The van der Waals surface area contributed by atoms with E-state index in [4.69, 9.17) is 14.9 Å².